The zero-order chi connectivity index (χ0) is 15.1. The van der Waals surface area contributed by atoms with Gasteiger partial charge in [-0.3, -0.25) is 14.5 Å². The van der Waals surface area contributed by atoms with E-state index in [2.05, 4.69) is 21.2 Å². The third kappa shape index (κ3) is 5.71. The van der Waals surface area contributed by atoms with Crippen molar-refractivity contribution in [2.45, 2.75) is 26.4 Å². The molecule has 1 amide bonds. The monoisotopic (exact) mass is 342 g/mol. The maximum atomic E-state index is 11.2. The van der Waals surface area contributed by atoms with Crippen molar-refractivity contribution in [3.05, 3.63) is 34.3 Å². The summed E-state index contributed by atoms with van der Waals surface area (Å²) in [4.78, 5) is 23.9. The highest BCUT2D eigenvalue weighted by Crippen LogP contribution is 2.14. The van der Waals surface area contributed by atoms with Crippen molar-refractivity contribution >= 4 is 27.8 Å². The summed E-state index contributed by atoms with van der Waals surface area (Å²) in [7, 11) is 0. The number of hydrogen-bond acceptors (Lipinski definition) is 3. The number of carboxylic acid groups (broad SMARTS) is 1. The zero-order valence-corrected chi connectivity index (χ0v) is 13.2. The van der Waals surface area contributed by atoms with Crippen molar-refractivity contribution in [3.8, 4) is 0 Å². The molecule has 0 bridgehead atoms. The molecule has 0 aliphatic heterocycles. The molecule has 1 atom stereocenters. The molecule has 0 heterocycles. The number of nitrogens with one attached hydrogen (secondary N) is 1. The Hall–Kier alpha value is -1.40. The van der Waals surface area contributed by atoms with Gasteiger partial charge in [0.15, 0.2) is 0 Å². The second-order valence-corrected chi connectivity index (χ2v) is 5.51. The quantitative estimate of drug-likeness (QED) is 0.793. The molecule has 2 N–H and O–H groups in total. The minimum Gasteiger partial charge on any atom is -0.480 e. The molecule has 110 valence electrons. The van der Waals surface area contributed by atoms with Gasteiger partial charge in [0.25, 0.3) is 0 Å². The molecule has 1 rings (SSSR count). The summed E-state index contributed by atoms with van der Waals surface area (Å²) >= 11 is 3.40. The molecule has 0 fully saturated rings. The average molecular weight is 343 g/mol. The van der Waals surface area contributed by atoms with E-state index >= 15 is 0 Å². The van der Waals surface area contributed by atoms with E-state index in [-0.39, 0.29) is 5.91 Å². The van der Waals surface area contributed by atoms with E-state index in [4.69, 9.17) is 5.11 Å². The number of hydrogen-bond donors (Lipinski definition) is 2. The molecule has 0 saturated carbocycles. The van der Waals surface area contributed by atoms with Gasteiger partial charge >= 0.3 is 5.97 Å². The first-order chi connectivity index (χ1) is 9.40. The highest BCUT2D eigenvalue weighted by atomic mass is 79.9. The molecule has 0 aromatic heterocycles. The Morgan fingerprint density at radius 1 is 1.45 bits per heavy atom. The molecular weight excluding hydrogens is 324 g/mol. The summed E-state index contributed by atoms with van der Waals surface area (Å²) < 4.78 is 0.958. The number of carbonyl (C=O) groups is 2. The lowest BCUT2D eigenvalue weighted by Gasteiger charge is -2.26. The summed E-state index contributed by atoms with van der Waals surface area (Å²) in [6, 6.07) is 7.13. The van der Waals surface area contributed by atoms with Gasteiger partial charge in [0.05, 0.1) is 0 Å². The predicted molar refractivity (Wildman–Crippen MR) is 80.3 cm³/mol. The maximum absolute atomic E-state index is 11.2. The fraction of sp³-hybridized carbons (Fsp3) is 0.429. The number of halogens is 1. The average Bonchev–Trinajstić information content (AvgIpc) is 2.36. The third-order valence-corrected chi connectivity index (χ3v) is 3.45. The molecule has 5 nitrogen and oxygen atoms in total. The maximum Gasteiger partial charge on any atom is 0.320 e. The van der Waals surface area contributed by atoms with Crippen LogP contribution in [-0.2, 0) is 16.1 Å². The first-order valence-corrected chi connectivity index (χ1v) is 7.15. The van der Waals surface area contributed by atoms with Crippen LogP contribution in [0.25, 0.3) is 0 Å². The minimum absolute atomic E-state index is 0.115. The van der Waals surface area contributed by atoms with Gasteiger partial charge < -0.3 is 10.4 Å². The summed E-state index contributed by atoms with van der Waals surface area (Å²) in [5.41, 5.74) is 1.02. The summed E-state index contributed by atoms with van der Waals surface area (Å²) in [6.07, 6.45) is 0. The molecule has 1 aromatic rings. The normalized spacial score (nSPS) is 12.2. The summed E-state index contributed by atoms with van der Waals surface area (Å²) in [5, 5.41) is 11.8. The molecule has 1 unspecified atom stereocenters. The van der Waals surface area contributed by atoms with Crippen LogP contribution >= 0.6 is 15.9 Å². The van der Waals surface area contributed by atoms with E-state index in [1.54, 1.807) is 6.92 Å². The van der Waals surface area contributed by atoms with Crippen LogP contribution in [0.3, 0.4) is 0 Å². The zero-order valence-electron chi connectivity index (χ0n) is 11.6. The first-order valence-electron chi connectivity index (χ1n) is 6.36. The highest BCUT2D eigenvalue weighted by Gasteiger charge is 2.20. The molecule has 0 saturated heterocycles. The van der Waals surface area contributed by atoms with Crippen molar-refractivity contribution < 1.29 is 14.7 Å². The van der Waals surface area contributed by atoms with Crippen LogP contribution in [0.1, 0.15) is 19.4 Å². The van der Waals surface area contributed by atoms with Crippen molar-refractivity contribution in [3.63, 3.8) is 0 Å². The van der Waals surface area contributed by atoms with Crippen LogP contribution in [0.15, 0.2) is 28.7 Å². The topological polar surface area (TPSA) is 69.6 Å². The van der Waals surface area contributed by atoms with Crippen LogP contribution in [-0.4, -0.2) is 41.0 Å². The molecule has 0 radical (unpaired) electrons. The number of rotatable bonds is 7. The molecule has 20 heavy (non-hydrogen) atoms. The van der Waals surface area contributed by atoms with Gasteiger partial charge in [-0.05, 0) is 24.6 Å². The van der Waals surface area contributed by atoms with Crippen molar-refractivity contribution in [1.29, 1.82) is 0 Å². The summed E-state index contributed by atoms with van der Waals surface area (Å²) in [6.45, 7) is 4.53. The lowest BCUT2D eigenvalue weighted by molar-refractivity contribution is -0.142. The second-order valence-electron chi connectivity index (χ2n) is 4.60. The van der Waals surface area contributed by atoms with Gasteiger partial charge in [-0.2, -0.15) is 0 Å². The van der Waals surface area contributed by atoms with E-state index in [0.717, 1.165) is 10.0 Å². The fourth-order valence-corrected chi connectivity index (χ4v) is 2.26. The summed E-state index contributed by atoms with van der Waals surface area (Å²) in [5.74, 6) is -0.988. The van der Waals surface area contributed by atoms with E-state index in [1.807, 2.05) is 29.2 Å². The Bertz CT molecular complexity index is 479. The number of nitrogens with zero attached hydrogens (tertiary/aromatic N) is 1. The van der Waals surface area contributed by atoms with Crippen molar-refractivity contribution in [1.82, 2.24) is 10.2 Å². The van der Waals surface area contributed by atoms with Crippen molar-refractivity contribution in [2.75, 3.05) is 13.1 Å². The fourth-order valence-electron chi connectivity index (χ4n) is 1.81. The van der Waals surface area contributed by atoms with Gasteiger partial charge in [0.2, 0.25) is 5.91 Å². The Kier molecular flexibility index (Phi) is 6.67. The van der Waals surface area contributed by atoms with E-state index in [9.17, 15) is 9.59 Å². The van der Waals surface area contributed by atoms with Gasteiger partial charge in [-0.1, -0.05) is 28.1 Å². The van der Waals surface area contributed by atoms with Crippen molar-refractivity contribution in [2.24, 2.45) is 0 Å². The van der Waals surface area contributed by atoms with Gasteiger partial charge in [-0.25, -0.2) is 0 Å². The second kappa shape index (κ2) is 8.01. The number of carboxylic acids is 1. The Morgan fingerprint density at radius 2 is 2.15 bits per heavy atom. The Balaban J connectivity index is 2.71. The van der Waals surface area contributed by atoms with Crippen LogP contribution in [0.4, 0.5) is 0 Å². The largest absolute Gasteiger partial charge is 0.480 e. The molecule has 0 spiro atoms. The van der Waals surface area contributed by atoms with Crippen LogP contribution < -0.4 is 5.32 Å². The minimum atomic E-state index is -0.872. The van der Waals surface area contributed by atoms with Gasteiger partial charge in [-0.15, -0.1) is 0 Å². The highest BCUT2D eigenvalue weighted by molar-refractivity contribution is 9.10. The van der Waals surface area contributed by atoms with E-state index < -0.39 is 12.0 Å². The molecule has 6 heteroatoms. The number of amides is 1. The van der Waals surface area contributed by atoms with E-state index in [0.29, 0.717) is 19.6 Å². The Labute approximate surface area is 127 Å². The molecule has 0 aliphatic rings. The number of carbonyl (C=O) groups excluding carboxylic acids is 1. The lowest BCUT2D eigenvalue weighted by atomic mass is 10.2. The third-order valence-electron chi connectivity index (χ3n) is 2.95. The van der Waals surface area contributed by atoms with Gasteiger partial charge in [0, 0.05) is 31.0 Å². The van der Waals surface area contributed by atoms with E-state index in [1.165, 1.54) is 6.92 Å². The lowest BCUT2D eigenvalue weighted by Crippen LogP contribution is -2.42. The number of benzene rings is 1. The molecular formula is C14H19BrN2O3. The number of aliphatic carboxylic acids is 1. The van der Waals surface area contributed by atoms with Crippen LogP contribution in [0.5, 0.6) is 0 Å². The SMILES string of the molecule is CC(=O)NCCN(Cc1cccc(Br)c1)C(C)C(=O)O. The standard InChI is InChI=1S/C14H19BrN2O3/c1-10(14(19)20)17(7-6-16-11(2)18)9-12-4-3-5-13(15)8-12/h3-5,8,10H,6-7,9H2,1-2H3,(H,16,18)(H,19,20). The predicted octanol–water partition coefficient (Wildman–Crippen LogP) is 1.86. The van der Waals surface area contributed by atoms with Crippen LogP contribution in [0, 0.1) is 0 Å². The van der Waals surface area contributed by atoms with Gasteiger partial charge in [0.1, 0.15) is 6.04 Å². The Morgan fingerprint density at radius 3 is 2.70 bits per heavy atom. The molecule has 0 aliphatic carbocycles. The molecule has 1 aromatic carbocycles. The smallest absolute Gasteiger partial charge is 0.320 e. The van der Waals surface area contributed by atoms with Crippen LogP contribution in [0.2, 0.25) is 0 Å². The first kappa shape index (κ1) is 16.7.